The van der Waals surface area contributed by atoms with Crippen molar-refractivity contribution in [1.29, 1.82) is 0 Å². The number of piperidine rings is 1. The summed E-state index contributed by atoms with van der Waals surface area (Å²) in [5, 5.41) is 1.05. The lowest BCUT2D eigenvalue weighted by Crippen LogP contribution is -2.37. The van der Waals surface area contributed by atoms with Crippen molar-refractivity contribution in [2.75, 3.05) is 13.1 Å². The van der Waals surface area contributed by atoms with Crippen LogP contribution in [-0.2, 0) is 4.79 Å². The third-order valence-electron chi connectivity index (χ3n) is 2.83. The Kier molecular flexibility index (Phi) is 4.13. The van der Waals surface area contributed by atoms with Crippen LogP contribution in [0, 0.1) is 0 Å². The maximum atomic E-state index is 10.6. The highest BCUT2D eigenvalue weighted by Gasteiger charge is 2.21. The van der Waals surface area contributed by atoms with Crippen LogP contribution in [0.3, 0.4) is 0 Å². The first-order valence-electron chi connectivity index (χ1n) is 5.50. The number of carbonyl (C=O) groups is 1. The van der Waals surface area contributed by atoms with E-state index in [-0.39, 0.29) is 6.10 Å². The molecule has 0 N–H and O–H groups in total. The van der Waals surface area contributed by atoms with E-state index < -0.39 is 0 Å². The average Bonchev–Trinajstić information content (AvgIpc) is 2.35. The van der Waals surface area contributed by atoms with Gasteiger partial charge in [0.05, 0.1) is 10.0 Å². The first-order valence-corrected chi connectivity index (χ1v) is 6.26. The molecule has 0 spiro atoms. The van der Waals surface area contributed by atoms with Crippen molar-refractivity contribution >= 4 is 29.6 Å². The van der Waals surface area contributed by atoms with Crippen molar-refractivity contribution in [1.82, 2.24) is 4.90 Å². The van der Waals surface area contributed by atoms with Crippen molar-refractivity contribution < 1.29 is 9.53 Å². The van der Waals surface area contributed by atoms with Gasteiger partial charge in [0.25, 0.3) is 0 Å². The van der Waals surface area contributed by atoms with Gasteiger partial charge in [0.1, 0.15) is 6.10 Å². The monoisotopic (exact) mass is 273 g/mol. The predicted molar refractivity (Wildman–Crippen MR) is 67.7 cm³/mol. The molecule has 0 atom stereocenters. The lowest BCUT2D eigenvalue weighted by Gasteiger charge is -2.29. The van der Waals surface area contributed by atoms with E-state index in [0.29, 0.717) is 15.8 Å². The van der Waals surface area contributed by atoms with Crippen molar-refractivity contribution in [3.8, 4) is 5.75 Å². The summed E-state index contributed by atoms with van der Waals surface area (Å²) < 4.78 is 5.80. The van der Waals surface area contributed by atoms with Crippen molar-refractivity contribution in [3.05, 3.63) is 28.2 Å². The van der Waals surface area contributed by atoms with E-state index >= 15 is 0 Å². The highest BCUT2D eigenvalue weighted by atomic mass is 35.5. The van der Waals surface area contributed by atoms with Gasteiger partial charge in [0.15, 0.2) is 5.75 Å². The van der Waals surface area contributed by atoms with Crippen molar-refractivity contribution in [3.63, 3.8) is 0 Å². The van der Waals surface area contributed by atoms with E-state index in [1.165, 1.54) is 0 Å². The Hall–Kier alpha value is -0.930. The molecule has 92 valence electrons. The SMILES string of the molecule is O=CN1CCC(Oc2c(Cl)cccc2Cl)CC1. The van der Waals surface area contributed by atoms with Crippen LogP contribution < -0.4 is 4.74 Å². The zero-order valence-corrected chi connectivity index (χ0v) is 10.7. The highest BCUT2D eigenvalue weighted by molar-refractivity contribution is 6.37. The van der Waals surface area contributed by atoms with Gasteiger partial charge in [0.2, 0.25) is 6.41 Å². The largest absolute Gasteiger partial charge is 0.487 e. The summed E-state index contributed by atoms with van der Waals surface area (Å²) in [6, 6.07) is 5.29. The number of ether oxygens (including phenoxy) is 1. The summed E-state index contributed by atoms with van der Waals surface area (Å²) >= 11 is 12.1. The van der Waals surface area contributed by atoms with Gasteiger partial charge >= 0.3 is 0 Å². The molecule has 17 heavy (non-hydrogen) atoms. The fourth-order valence-corrected chi connectivity index (χ4v) is 2.35. The Morgan fingerprint density at radius 2 is 1.82 bits per heavy atom. The number of para-hydroxylation sites is 1. The molecular weight excluding hydrogens is 261 g/mol. The summed E-state index contributed by atoms with van der Waals surface area (Å²) in [7, 11) is 0. The minimum absolute atomic E-state index is 0.0728. The van der Waals surface area contributed by atoms with Gasteiger partial charge < -0.3 is 9.64 Å². The van der Waals surface area contributed by atoms with Crippen LogP contribution in [0.5, 0.6) is 5.75 Å². The molecule has 0 saturated carbocycles. The molecule has 1 fully saturated rings. The van der Waals surface area contributed by atoms with E-state index in [1.54, 1.807) is 23.1 Å². The van der Waals surface area contributed by atoms with Gasteiger partial charge in [-0.2, -0.15) is 0 Å². The number of carbonyl (C=O) groups excluding carboxylic acids is 1. The standard InChI is InChI=1S/C12H13Cl2NO2/c13-10-2-1-3-11(14)12(10)17-9-4-6-15(8-16)7-5-9/h1-3,8-9H,4-7H2. The lowest BCUT2D eigenvalue weighted by atomic mass is 10.1. The van der Waals surface area contributed by atoms with Crippen LogP contribution >= 0.6 is 23.2 Å². The molecule has 0 aromatic heterocycles. The number of rotatable bonds is 3. The number of hydrogen-bond acceptors (Lipinski definition) is 2. The van der Waals surface area contributed by atoms with Gasteiger partial charge in [-0.05, 0) is 12.1 Å². The Morgan fingerprint density at radius 3 is 2.35 bits per heavy atom. The lowest BCUT2D eigenvalue weighted by molar-refractivity contribution is -0.119. The zero-order valence-electron chi connectivity index (χ0n) is 9.23. The second-order valence-electron chi connectivity index (χ2n) is 4.01. The number of halogens is 2. The van der Waals surface area contributed by atoms with Crippen LogP contribution in [-0.4, -0.2) is 30.5 Å². The zero-order chi connectivity index (χ0) is 12.3. The fourth-order valence-electron chi connectivity index (χ4n) is 1.86. The first kappa shape index (κ1) is 12.5. The number of nitrogens with zero attached hydrogens (tertiary/aromatic N) is 1. The third-order valence-corrected chi connectivity index (χ3v) is 3.42. The van der Waals surface area contributed by atoms with Crippen LogP contribution in [0.1, 0.15) is 12.8 Å². The van der Waals surface area contributed by atoms with E-state index in [2.05, 4.69) is 0 Å². The summed E-state index contributed by atoms with van der Waals surface area (Å²) in [6.07, 6.45) is 2.56. The molecule has 3 nitrogen and oxygen atoms in total. The normalized spacial score (nSPS) is 16.9. The van der Waals surface area contributed by atoms with Gasteiger partial charge in [-0.1, -0.05) is 29.3 Å². The molecular formula is C12H13Cl2NO2. The summed E-state index contributed by atoms with van der Waals surface area (Å²) in [4.78, 5) is 12.3. The Morgan fingerprint density at radius 1 is 1.24 bits per heavy atom. The second kappa shape index (κ2) is 5.61. The quantitative estimate of drug-likeness (QED) is 0.793. The van der Waals surface area contributed by atoms with Crippen LogP contribution in [0.2, 0.25) is 10.0 Å². The smallest absolute Gasteiger partial charge is 0.209 e. The van der Waals surface area contributed by atoms with Crippen LogP contribution in [0.15, 0.2) is 18.2 Å². The van der Waals surface area contributed by atoms with Crippen LogP contribution in [0.25, 0.3) is 0 Å². The van der Waals surface area contributed by atoms with E-state index in [9.17, 15) is 4.79 Å². The first-order chi connectivity index (χ1) is 8.20. The summed E-state index contributed by atoms with van der Waals surface area (Å²) in [5.41, 5.74) is 0. The molecule has 0 bridgehead atoms. The second-order valence-corrected chi connectivity index (χ2v) is 4.82. The molecule has 5 heteroatoms. The molecule has 1 aromatic carbocycles. The average molecular weight is 274 g/mol. The summed E-state index contributed by atoms with van der Waals surface area (Å²) in [6.45, 7) is 1.44. The fraction of sp³-hybridized carbons (Fsp3) is 0.417. The maximum absolute atomic E-state index is 10.6. The van der Waals surface area contributed by atoms with Gasteiger partial charge in [-0.3, -0.25) is 4.79 Å². The molecule has 2 rings (SSSR count). The predicted octanol–water partition coefficient (Wildman–Crippen LogP) is 2.99. The van der Waals surface area contributed by atoms with Gasteiger partial charge in [-0.25, -0.2) is 0 Å². The number of benzene rings is 1. The molecule has 1 heterocycles. The molecule has 0 aliphatic carbocycles. The van der Waals surface area contributed by atoms with E-state index in [0.717, 1.165) is 32.3 Å². The Labute approximate surface area is 110 Å². The van der Waals surface area contributed by atoms with Crippen LogP contribution in [0.4, 0.5) is 0 Å². The highest BCUT2D eigenvalue weighted by Crippen LogP contribution is 2.34. The molecule has 0 radical (unpaired) electrons. The molecule has 1 aliphatic rings. The minimum atomic E-state index is 0.0728. The number of amides is 1. The Bertz CT molecular complexity index is 383. The molecule has 1 amide bonds. The van der Waals surface area contributed by atoms with Crippen molar-refractivity contribution in [2.24, 2.45) is 0 Å². The number of hydrogen-bond donors (Lipinski definition) is 0. The molecule has 1 saturated heterocycles. The molecule has 1 aliphatic heterocycles. The minimum Gasteiger partial charge on any atom is -0.487 e. The van der Waals surface area contributed by atoms with Gasteiger partial charge in [-0.15, -0.1) is 0 Å². The summed E-state index contributed by atoms with van der Waals surface area (Å²) in [5.74, 6) is 0.542. The van der Waals surface area contributed by atoms with Gasteiger partial charge in [0, 0.05) is 25.9 Å². The molecule has 1 aromatic rings. The van der Waals surface area contributed by atoms with E-state index in [4.69, 9.17) is 27.9 Å². The topological polar surface area (TPSA) is 29.5 Å². The maximum Gasteiger partial charge on any atom is 0.209 e. The Balaban J connectivity index is 2.00. The molecule has 0 unspecified atom stereocenters. The third kappa shape index (κ3) is 3.05. The van der Waals surface area contributed by atoms with Crippen molar-refractivity contribution in [2.45, 2.75) is 18.9 Å². The number of likely N-dealkylation sites (tertiary alicyclic amines) is 1. The van der Waals surface area contributed by atoms with E-state index in [1.807, 2.05) is 0 Å².